The van der Waals surface area contributed by atoms with Crippen LogP contribution in [0.5, 0.6) is 0 Å². The van der Waals surface area contributed by atoms with Crippen molar-refractivity contribution in [3.05, 3.63) is 0 Å². The molecule has 0 aromatic heterocycles. The summed E-state index contributed by atoms with van der Waals surface area (Å²) < 4.78 is 0. The standard InChI is InChI=1S/C11H23N/c1-6-10-7-9(2)12(8-10)11(3,4)5/h9-10H,6-8H2,1-5H3. The Morgan fingerprint density at radius 1 is 1.33 bits per heavy atom. The van der Waals surface area contributed by atoms with Crippen LogP contribution in [0.2, 0.25) is 0 Å². The molecule has 0 amide bonds. The van der Waals surface area contributed by atoms with Crippen LogP contribution >= 0.6 is 0 Å². The monoisotopic (exact) mass is 169 g/mol. The van der Waals surface area contributed by atoms with Gasteiger partial charge in [-0.25, -0.2) is 0 Å². The van der Waals surface area contributed by atoms with Gasteiger partial charge in [0.05, 0.1) is 0 Å². The molecule has 0 bridgehead atoms. The Balaban J connectivity index is 2.58. The Bertz CT molecular complexity index is 146. The van der Waals surface area contributed by atoms with Gasteiger partial charge < -0.3 is 0 Å². The van der Waals surface area contributed by atoms with Gasteiger partial charge in [-0.1, -0.05) is 13.3 Å². The Hall–Kier alpha value is -0.0400. The lowest BCUT2D eigenvalue weighted by molar-refractivity contribution is 0.127. The van der Waals surface area contributed by atoms with Gasteiger partial charge in [-0.2, -0.15) is 0 Å². The van der Waals surface area contributed by atoms with Crippen molar-refractivity contribution < 1.29 is 0 Å². The molecule has 0 N–H and O–H groups in total. The molecule has 72 valence electrons. The van der Waals surface area contributed by atoms with Crippen molar-refractivity contribution in [2.45, 2.75) is 59.0 Å². The van der Waals surface area contributed by atoms with E-state index in [9.17, 15) is 0 Å². The minimum atomic E-state index is 0.364. The predicted octanol–water partition coefficient (Wildman–Crippen LogP) is 2.91. The van der Waals surface area contributed by atoms with Gasteiger partial charge >= 0.3 is 0 Å². The molecule has 0 spiro atoms. The number of likely N-dealkylation sites (tertiary alicyclic amines) is 1. The van der Waals surface area contributed by atoms with E-state index in [-0.39, 0.29) is 0 Å². The highest BCUT2D eigenvalue weighted by atomic mass is 15.2. The molecule has 12 heavy (non-hydrogen) atoms. The zero-order valence-corrected chi connectivity index (χ0v) is 9.22. The smallest absolute Gasteiger partial charge is 0.0127 e. The van der Waals surface area contributed by atoms with Crippen molar-refractivity contribution in [1.29, 1.82) is 0 Å². The topological polar surface area (TPSA) is 3.24 Å². The second-order valence-corrected chi connectivity index (χ2v) is 5.18. The fraction of sp³-hybridized carbons (Fsp3) is 1.00. The molecule has 1 heterocycles. The van der Waals surface area contributed by atoms with Crippen LogP contribution in [0.3, 0.4) is 0 Å². The largest absolute Gasteiger partial charge is 0.296 e. The van der Waals surface area contributed by atoms with E-state index in [0.717, 1.165) is 12.0 Å². The first-order chi connectivity index (χ1) is 5.45. The van der Waals surface area contributed by atoms with Crippen molar-refractivity contribution in [1.82, 2.24) is 4.90 Å². The molecule has 0 aromatic rings. The molecular formula is C11H23N. The van der Waals surface area contributed by atoms with Gasteiger partial charge in [-0.15, -0.1) is 0 Å². The highest BCUT2D eigenvalue weighted by Gasteiger charge is 2.34. The van der Waals surface area contributed by atoms with Crippen LogP contribution in [0.25, 0.3) is 0 Å². The van der Waals surface area contributed by atoms with Gasteiger partial charge in [-0.3, -0.25) is 4.90 Å². The number of hydrogen-bond acceptors (Lipinski definition) is 1. The first kappa shape index (κ1) is 10.0. The minimum Gasteiger partial charge on any atom is -0.296 e. The third-order valence-corrected chi connectivity index (χ3v) is 3.10. The molecule has 1 heteroatoms. The minimum absolute atomic E-state index is 0.364. The van der Waals surface area contributed by atoms with Crippen molar-refractivity contribution in [3.63, 3.8) is 0 Å². The van der Waals surface area contributed by atoms with E-state index in [0.29, 0.717) is 5.54 Å². The molecule has 1 saturated heterocycles. The second kappa shape index (κ2) is 3.37. The fourth-order valence-electron chi connectivity index (χ4n) is 2.37. The van der Waals surface area contributed by atoms with Crippen LogP contribution in [0.15, 0.2) is 0 Å². The fourth-order valence-corrected chi connectivity index (χ4v) is 2.37. The second-order valence-electron chi connectivity index (χ2n) is 5.18. The van der Waals surface area contributed by atoms with Crippen LogP contribution in [0.4, 0.5) is 0 Å². The van der Waals surface area contributed by atoms with E-state index in [1.165, 1.54) is 19.4 Å². The number of nitrogens with zero attached hydrogens (tertiary/aromatic N) is 1. The average molecular weight is 169 g/mol. The molecule has 0 radical (unpaired) electrons. The molecule has 1 fully saturated rings. The zero-order valence-electron chi connectivity index (χ0n) is 9.22. The first-order valence-electron chi connectivity index (χ1n) is 5.22. The molecular weight excluding hydrogens is 146 g/mol. The molecule has 1 aliphatic heterocycles. The van der Waals surface area contributed by atoms with Crippen molar-refractivity contribution >= 4 is 0 Å². The SMILES string of the molecule is CCC1CC(C)N(C(C)(C)C)C1. The van der Waals surface area contributed by atoms with E-state index in [1.807, 2.05) is 0 Å². The van der Waals surface area contributed by atoms with E-state index in [4.69, 9.17) is 0 Å². The Morgan fingerprint density at radius 3 is 2.17 bits per heavy atom. The average Bonchev–Trinajstić information content (AvgIpc) is 2.29. The summed E-state index contributed by atoms with van der Waals surface area (Å²) in [6, 6.07) is 0.787. The zero-order chi connectivity index (χ0) is 9.35. The van der Waals surface area contributed by atoms with Gasteiger partial charge in [0.25, 0.3) is 0 Å². The summed E-state index contributed by atoms with van der Waals surface area (Å²) in [4.78, 5) is 2.64. The lowest BCUT2D eigenvalue weighted by atomic mass is 10.0. The van der Waals surface area contributed by atoms with E-state index in [2.05, 4.69) is 39.5 Å². The van der Waals surface area contributed by atoms with Crippen molar-refractivity contribution in [3.8, 4) is 0 Å². The summed E-state index contributed by atoms with van der Waals surface area (Å²) in [7, 11) is 0. The van der Waals surface area contributed by atoms with Crippen LogP contribution < -0.4 is 0 Å². The molecule has 0 aromatic carbocycles. The molecule has 0 aliphatic carbocycles. The molecule has 1 aliphatic rings. The van der Waals surface area contributed by atoms with E-state index in [1.54, 1.807) is 0 Å². The Kier molecular flexibility index (Phi) is 2.82. The first-order valence-corrected chi connectivity index (χ1v) is 5.22. The van der Waals surface area contributed by atoms with E-state index >= 15 is 0 Å². The summed E-state index contributed by atoms with van der Waals surface area (Å²) >= 11 is 0. The van der Waals surface area contributed by atoms with Crippen LogP contribution in [-0.2, 0) is 0 Å². The van der Waals surface area contributed by atoms with E-state index < -0.39 is 0 Å². The number of hydrogen-bond donors (Lipinski definition) is 0. The molecule has 1 rings (SSSR count). The van der Waals surface area contributed by atoms with Gasteiger partial charge in [0.15, 0.2) is 0 Å². The van der Waals surface area contributed by atoms with Crippen LogP contribution in [0, 0.1) is 5.92 Å². The normalized spacial score (nSPS) is 32.8. The van der Waals surface area contributed by atoms with Crippen LogP contribution in [0.1, 0.15) is 47.5 Å². The lowest BCUT2D eigenvalue weighted by Gasteiger charge is -2.35. The maximum absolute atomic E-state index is 2.64. The third kappa shape index (κ3) is 2.01. The summed E-state index contributed by atoms with van der Waals surface area (Å²) in [6.45, 7) is 12.9. The quantitative estimate of drug-likeness (QED) is 0.583. The third-order valence-electron chi connectivity index (χ3n) is 3.10. The van der Waals surface area contributed by atoms with Gasteiger partial charge in [-0.05, 0) is 40.0 Å². The predicted molar refractivity (Wildman–Crippen MR) is 54.3 cm³/mol. The van der Waals surface area contributed by atoms with Gasteiger partial charge in [0.1, 0.15) is 0 Å². The lowest BCUT2D eigenvalue weighted by Crippen LogP contribution is -2.43. The maximum atomic E-state index is 2.64. The molecule has 0 saturated carbocycles. The van der Waals surface area contributed by atoms with Crippen molar-refractivity contribution in [2.75, 3.05) is 6.54 Å². The Morgan fingerprint density at radius 2 is 1.92 bits per heavy atom. The molecule has 2 unspecified atom stereocenters. The summed E-state index contributed by atoms with van der Waals surface area (Å²) in [6.07, 6.45) is 2.74. The van der Waals surface area contributed by atoms with Crippen LogP contribution in [-0.4, -0.2) is 23.0 Å². The molecule has 2 atom stereocenters. The highest BCUT2D eigenvalue weighted by Crippen LogP contribution is 2.31. The highest BCUT2D eigenvalue weighted by molar-refractivity contribution is 4.89. The summed E-state index contributed by atoms with van der Waals surface area (Å²) in [5, 5.41) is 0. The van der Waals surface area contributed by atoms with Crippen molar-refractivity contribution in [2.24, 2.45) is 5.92 Å². The Labute approximate surface area is 77.1 Å². The summed E-state index contributed by atoms with van der Waals surface area (Å²) in [5.74, 6) is 0.944. The summed E-state index contributed by atoms with van der Waals surface area (Å²) in [5.41, 5.74) is 0.364. The van der Waals surface area contributed by atoms with Gasteiger partial charge in [0.2, 0.25) is 0 Å². The van der Waals surface area contributed by atoms with Gasteiger partial charge in [0, 0.05) is 18.1 Å². The molecule has 1 nitrogen and oxygen atoms in total. The maximum Gasteiger partial charge on any atom is 0.0127 e. The number of rotatable bonds is 1.